The van der Waals surface area contributed by atoms with Gasteiger partial charge in [0.05, 0.1) is 6.54 Å². The summed E-state index contributed by atoms with van der Waals surface area (Å²) in [7, 11) is 0. The number of hydrogen-bond donors (Lipinski definition) is 1. The van der Waals surface area contributed by atoms with Crippen LogP contribution in [0.25, 0.3) is 0 Å². The van der Waals surface area contributed by atoms with Gasteiger partial charge in [0.2, 0.25) is 5.91 Å². The number of carbonyl (C=O) groups excluding carboxylic acids is 1. The zero-order valence-electron chi connectivity index (χ0n) is 16.1. The van der Waals surface area contributed by atoms with E-state index in [-0.39, 0.29) is 5.91 Å². The number of benzene rings is 2. The number of carbonyl (C=O) groups is 1. The number of nitrogens with one attached hydrogen (secondary N) is 1. The number of nitrogens with zero attached hydrogens (tertiary/aromatic N) is 1. The summed E-state index contributed by atoms with van der Waals surface area (Å²) in [6, 6.07) is 19.7. The minimum atomic E-state index is 0.260. The van der Waals surface area contributed by atoms with Gasteiger partial charge in [0.1, 0.15) is 0 Å². The standard InChI is InChI=1S/C24H30N2O/c27-24(18-25-23-12-6-10-21-9-4-5-11-22(21)23)26-15-13-20(14-16-26)17-19-7-2-1-3-8-19/h1-5,7-9,11,20,23,25H,6,10,12-18H2/t23-/m1/s1. The van der Waals surface area contributed by atoms with Gasteiger partial charge in [0.25, 0.3) is 0 Å². The van der Waals surface area contributed by atoms with Crippen LogP contribution < -0.4 is 5.32 Å². The minimum absolute atomic E-state index is 0.260. The van der Waals surface area contributed by atoms with Gasteiger partial charge < -0.3 is 10.2 Å². The van der Waals surface area contributed by atoms with Crippen molar-refractivity contribution in [3.63, 3.8) is 0 Å². The molecule has 0 saturated carbocycles. The third-order valence-corrected chi connectivity index (χ3v) is 6.20. The van der Waals surface area contributed by atoms with E-state index in [0.717, 1.165) is 45.2 Å². The van der Waals surface area contributed by atoms with Crippen LogP contribution >= 0.6 is 0 Å². The molecule has 1 heterocycles. The van der Waals surface area contributed by atoms with Crippen LogP contribution in [0.3, 0.4) is 0 Å². The average Bonchev–Trinajstić information content (AvgIpc) is 2.73. The highest BCUT2D eigenvalue weighted by Gasteiger charge is 2.24. The number of amides is 1. The molecule has 2 aromatic rings. The van der Waals surface area contributed by atoms with E-state index in [1.54, 1.807) is 0 Å². The van der Waals surface area contributed by atoms with Crippen LogP contribution in [0.5, 0.6) is 0 Å². The maximum Gasteiger partial charge on any atom is 0.236 e. The molecule has 0 aromatic heterocycles. The van der Waals surface area contributed by atoms with E-state index in [2.05, 4.69) is 64.8 Å². The number of piperidine rings is 1. The Balaban J connectivity index is 1.24. The van der Waals surface area contributed by atoms with Crippen molar-refractivity contribution in [2.75, 3.05) is 19.6 Å². The number of likely N-dealkylation sites (tertiary alicyclic amines) is 1. The van der Waals surface area contributed by atoms with Crippen molar-refractivity contribution >= 4 is 5.91 Å². The molecule has 142 valence electrons. The maximum atomic E-state index is 12.7. The number of rotatable bonds is 5. The van der Waals surface area contributed by atoms with E-state index in [1.165, 1.54) is 23.1 Å². The molecule has 1 aliphatic heterocycles. The number of fused-ring (bicyclic) bond motifs is 1. The largest absolute Gasteiger partial charge is 0.342 e. The Hall–Kier alpha value is -2.13. The van der Waals surface area contributed by atoms with E-state index in [0.29, 0.717) is 18.5 Å². The molecule has 1 saturated heterocycles. The molecule has 1 atom stereocenters. The topological polar surface area (TPSA) is 32.3 Å². The summed E-state index contributed by atoms with van der Waals surface area (Å²) < 4.78 is 0. The van der Waals surface area contributed by atoms with E-state index >= 15 is 0 Å². The van der Waals surface area contributed by atoms with Gasteiger partial charge in [0, 0.05) is 19.1 Å². The molecular weight excluding hydrogens is 332 g/mol. The van der Waals surface area contributed by atoms with E-state index in [9.17, 15) is 4.79 Å². The van der Waals surface area contributed by atoms with Gasteiger partial charge in [-0.05, 0) is 61.1 Å². The fourth-order valence-electron chi connectivity index (χ4n) is 4.62. The number of hydrogen-bond acceptors (Lipinski definition) is 2. The first kappa shape index (κ1) is 18.2. The second-order valence-electron chi connectivity index (χ2n) is 8.04. The van der Waals surface area contributed by atoms with Crippen molar-refractivity contribution in [2.24, 2.45) is 5.92 Å². The summed E-state index contributed by atoms with van der Waals surface area (Å²) in [5.41, 5.74) is 4.24. The minimum Gasteiger partial charge on any atom is -0.342 e. The normalized spacial score (nSPS) is 20.3. The Morgan fingerprint density at radius 2 is 1.70 bits per heavy atom. The lowest BCUT2D eigenvalue weighted by Gasteiger charge is -2.33. The van der Waals surface area contributed by atoms with E-state index < -0.39 is 0 Å². The van der Waals surface area contributed by atoms with Crippen LogP contribution in [-0.4, -0.2) is 30.4 Å². The SMILES string of the molecule is O=C(CN[C@@H]1CCCc2ccccc21)N1CCC(Cc2ccccc2)CC1. The Morgan fingerprint density at radius 1 is 0.963 bits per heavy atom. The molecule has 1 fully saturated rings. The van der Waals surface area contributed by atoms with Gasteiger partial charge in [0.15, 0.2) is 0 Å². The first-order valence-electron chi connectivity index (χ1n) is 10.4. The maximum absolute atomic E-state index is 12.7. The summed E-state index contributed by atoms with van der Waals surface area (Å²) in [5.74, 6) is 0.964. The van der Waals surface area contributed by atoms with Crippen LogP contribution in [0.4, 0.5) is 0 Å². The third kappa shape index (κ3) is 4.59. The zero-order chi connectivity index (χ0) is 18.5. The Labute approximate surface area is 162 Å². The molecule has 3 nitrogen and oxygen atoms in total. The molecule has 0 radical (unpaired) electrons. The highest BCUT2D eigenvalue weighted by molar-refractivity contribution is 5.78. The molecule has 1 amide bonds. The fourth-order valence-corrected chi connectivity index (χ4v) is 4.62. The summed E-state index contributed by atoms with van der Waals surface area (Å²) in [6.45, 7) is 2.26. The highest BCUT2D eigenvalue weighted by atomic mass is 16.2. The third-order valence-electron chi connectivity index (χ3n) is 6.20. The van der Waals surface area contributed by atoms with Gasteiger partial charge in [-0.1, -0.05) is 54.6 Å². The zero-order valence-corrected chi connectivity index (χ0v) is 16.1. The Morgan fingerprint density at radius 3 is 2.52 bits per heavy atom. The van der Waals surface area contributed by atoms with Crippen molar-refractivity contribution in [2.45, 2.75) is 44.6 Å². The second-order valence-corrected chi connectivity index (χ2v) is 8.04. The lowest BCUT2D eigenvalue weighted by Crippen LogP contribution is -2.44. The molecule has 0 unspecified atom stereocenters. The average molecular weight is 363 g/mol. The van der Waals surface area contributed by atoms with E-state index in [4.69, 9.17) is 0 Å². The van der Waals surface area contributed by atoms with E-state index in [1.807, 2.05) is 0 Å². The Kier molecular flexibility index (Phi) is 5.88. The summed E-state index contributed by atoms with van der Waals surface area (Å²) >= 11 is 0. The smallest absolute Gasteiger partial charge is 0.236 e. The lowest BCUT2D eigenvalue weighted by molar-refractivity contribution is -0.131. The van der Waals surface area contributed by atoms with Crippen LogP contribution in [0.2, 0.25) is 0 Å². The first-order chi connectivity index (χ1) is 13.3. The predicted molar refractivity (Wildman–Crippen MR) is 110 cm³/mol. The molecule has 3 heteroatoms. The second kappa shape index (κ2) is 8.71. The molecule has 2 aromatic carbocycles. The molecular formula is C24H30N2O. The molecule has 4 rings (SSSR count). The van der Waals surface area contributed by atoms with Gasteiger partial charge in [-0.2, -0.15) is 0 Å². The van der Waals surface area contributed by atoms with Crippen molar-refractivity contribution in [1.82, 2.24) is 10.2 Å². The quantitative estimate of drug-likeness (QED) is 0.867. The molecule has 1 aliphatic carbocycles. The molecule has 0 spiro atoms. The van der Waals surface area contributed by atoms with Crippen LogP contribution in [0, 0.1) is 5.92 Å². The van der Waals surface area contributed by atoms with Crippen molar-refractivity contribution in [3.05, 3.63) is 71.3 Å². The monoisotopic (exact) mass is 362 g/mol. The van der Waals surface area contributed by atoms with Crippen molar-refractivity contribution in [3.8, 4) is 0 Å². The van der Waals surface area contributed by atoms with Gasteiger partial charge in [-0.25, -0.2) is 0 Å². The van der Waals surface area contributed by atoms with Gasteiger partial charge in [-0.3, -0.25) is 4.79 Å². The van der Waals surface area contributed by atoms with Crippen LogP contribution in [0.1, 0.15) is 48.4 Å². The summed E-state index contributed by atoms with van der Waals surface area (Å²) in [4.78, 5) is 14.7. The van der Waals surface area contributed by atoms with Crippen molar-refractivity contribution < 1.29 is 4.79 Å². The number of aryl methyl sites for hydroxylation is 1. The lowest BCUT2D eigenvalue weighted by atomic mass is 9.87. The predicted octanol–water partition coefficient (Wildman–Crippen LogP) is 4.13. The molecule has 2 aliphatic rings. The van der Waals surface area contributed by atoms with Crippen molar-refractivity contribution in [1.29, 1.82) is 0 Å². The highest BCUT2D eigenvalue weighted by Crippen LogP contribution is 2.29. The molecule has 1 N–H and O–H groups in total. The molecule has 27 heavy (non-hydrogen) atoms. The van der Waals surface area contributed by atoms with Gasteiger partial charge in [-0.15, -0.1) is 0 Å². The van der Waals surface area contributed by atoms with Crippen LogP contribution in [0.15, 0.2) is 54.6 Å². The Bertz CT molecular complexity index is 750. The van der Waals surface area contributed by atoms with Crippen LogP contribution in [-0.2, 0) is 17.6 Å². The summed E-state index contributed by atoms with van der Waals surface area (Å²) in [5, 5.41) is 3.53. The van der Waals surface area contributed by atoms with Gasteiger partial charge >= 0.3 is 0 Å². The molecule has 0 bridgehead atoms. The fraction of sp³-hybridized carbons (Fsp3) is 0.458. The first-order valence-corrected chi connectivity index (χ1v) is 10.4. The summed E-state index contributed by atoms with van der Waals surface area (Å²) in [6.07, 6.45) is 6.87.